The van der Waals surface area contributed by atoms with Crippen LogP contribution < -0.4 is 14.4 Å². The molecule has 9 heteroatoms. The number of ether oxygens (including phenoxy) is 1. The summed E-state index contributed by atoms with van der Waals surface area (Å²) in [6, 6.07) is 21.4. The van der Waals surface area contributed by atoms with E-state index in [9.17, 15) is 13.2 Å². The van der Waals surface area contributed by atoms with Crippen molar-refractivity contribution in [2.45, 2.75) is 11.3 Å². The summed E-state index contributed by atoms with van der Waals surface area (Å²) in [5.41, 5.74) is 3.45. The van der Waals surface area contributed by atoms with Gasteiger partial charge in [-0.2, -0.15) is 0 Å². The predicted octanol–water partition coefficient (Wildman–Crippen LogP) is 4.82. The van der Waals surface area contributed by atoms with Crippen LogP contribution in [0.5, 0.6) is 5.75 Å². The van der Waals surface area contributed by atoms with Crippen LogP contribution in [0, 0.1) is 0 Å². The second-order valence-corrected chi connectivity index (χ2v) is 10.4. The average molecular weight is 492 g/mol. The molecule has 1 N–H and O–H groups in total. The first kappa shape index (κ1) is 22.1. The molecule has 4 aromatic rings. The Morgan fingerprint density at radius 1 is 1.06 bits per heavy atom. The van der Waals surface area contributed by atoms with Gasteiger partial charge in [-0.3, -0.25) is 14.4 Å². The molecule has 3 aromatic carbocycles. The van der Waals surface area contributed by atoms with Crippen molar-refractivity contribution in [3.8, 4) is 17.0 Å². The number of amides is 1. The number of para-hydroxylation sites is 1. The van der Waals surface area contributed by atoms with Gasteiger partial charge in [0.1, 0.15) is 5.75 Å². The fourth-order valence-corrected chi connectivity index (χ4v) is 6.19. The summed E-state index contributed by atoms with van der Waals surface area (Å²) in [6.07, 6.45) is 0.646. The van der Waals surface area contributed by atoms with Gasteiger partial charge in [0.2, 0.25) is 0 Å². The summed E-state index contributed by atoms with van der Waals surface area (Å²) in [6.45, 7) is 0.358. The standard InChI is InChI=1S/C25H21N3O4S2/c1-32-23-12-11-19(34(30,31)28-14-13-18-9-5-6-10-22(18)28)15-20(23)24(29)27-25-26-21(16-33-25)17-7-3-2-4-8-17/h2-12,15-16H,13-14H2,1H3,(H,26,27,29). The first-order valence-corrected chi connectivity index (χ1v) is 12.9. The van der Waals surface area contributed by atoms with E-state index >= 15 is 0 Å². The fraction of sp³-hybridized carbons (Fsp3) is 0.120. The molecule has 0 saturated heterocycles. The summed E-state index contributed by atoms with van der Waals surface area (Å²) in [5, 5.41) is 5.03. The average Bonchev–Trinajstić information content (AvgIpc) is 3.52. The zero-order chi connectivity index (χ0) is 23.7. The Morgan fingerprint density at radius 2 is 1.82 bits per heavy atom. The van der Waals surface area contributed by atoms with Crippen molar-refractivity contribution >= 4 is 38.1 Å². The minimum Gasteiger partial charge on any atom is -0.496 e. The van der Waals surface area contributed by atoms with Crippen LogP contribution in [-0.2, 0) is 16.4 Å². The lowest BCUT2D eigenvalue weighted by Crippen LogP contribution is -2.29. The highest BCUT2D eigenvalue weighted by Gasteiger charge is 2.31. The first-order chi connectivity index (χ1) is 16.5. The maximum Gasteiger partial charge on any atom is 0.264 e. The number of benzene rings is 3. The molecule has 1 amide bonds. The van der Waals surface area contributed by atoms with Gasteiger partial charge in [0.05, 0.1) is 29.0 Å². The van der Waals surface area contributed by atoms with E-state index in [1.54, 1.807) is 6.07 Å². The maximum absolute atomic E-state index is 13.4. The molecule has 0 unspecified atom stereocenters. The van der Waals surface area contributed by atoms with Crippen molar-refractivity contribution in [2.75, 3.05) is 23.3 Å². The molecule has 172 valence electrons. The van der Waals surface area contributed by atoms with Crippen LogP contribution in [0.2, 0.25) is 0 Å². The number of hydrogen-bond donors (Lipinski definition) is 1. The van der Waals surface area contributed by atoms with E-state index in [1.807, 2.05) is 53.9 Å². The fourth-order valence-electron chi connectivity index (χ4n) is 3.95. The minimum absolute atomic E-state index is 0.0271. The van der Waals surface area contributed by atoms with Crippen LogP contribution in [0.4, 0.5) is 10.8 Å². The number of nitrogens with one attached hydrogen (secondary N) is 1. The highest BCUT2D eigenvalue weighted by molar-refractivity contribution is 7.92. The van der Waals surface area contributed by atoms with Crippen LogP contribution in [0.1, 0.15) is 15.9 Å². The Hall–Kier alpha value is -3.69. The number of carbonyl (C=O) groups is 1. The minimum atomic E-state index is -3.85. The van der Waals surface area contributed by atoms with E-state index in [0.29, 0.717) is 23.8 Å². The van der Waals surface area contributed by atoms with Crippen LogP contribution >= 0.6 is 11.3 Å². The van der Waals surface area contributed by atoms with E-state index in [1.165, 1.54) is 41.0 Å². The maximum atomic E-state index is 13.4. The molecule has 34 heavy (non-hydrogen) atoms. The van der Waals surface area contributed by atoms with Crippen LogP contribution in [0.3, 0.4) is 0 Å². The third-order valence-corrected chi connectivity index (χ3v) is 8.21. The quantitative estimate of drug-likeness (QED) is 0.418. The monoisotopic (exact) mass is 491 g/mol. The Morgan fingerprint density at radius 3 is 2.62 bits per heavy atom. The zero-order valence-corrected chi connectivity index (χ0v) is 19.9. The Bertz CT molecular complexity index is 1470. The van der Waals surface area contributed by atoms with E-state index in [0.717, 1.165) is 16.8 Å². The Kier molecular flexibility index (Phi) is 5.80. The van der Waals surface area contributed by atoms with E-state index in [4.69, 9.17) is 4.74 Å². The second kappa shape index (κ2) is 8.92. The van der Waals surface area contributed by atoms with Gasteiger partial charge in [-0.1, -0.05) is 48.5 Å². The predicted molar refractivity (Wildman–Crippen MR) is 133 cm³/mol. The van der Waals surface area contributed by atoms with Crippen molar-refractivity contribution in [3.05, 3.63) is 89.3 Å². The number of thiazole rings is 1. The molecule has 1 aliphatic heterocycles. The molecule has 7 nitrogen and oxygen atoms in total. The molecule has 0 spiro atoms. The SMILES string of the molecule is COc1ccc(S(=O)(=O)N2CCc3ccccc32)cc1C(=O)Nc1nc(-c2ccccc2)cs1. The normalized spacial score (nSPS) is 12.9. The molecule has 0 saturated carbocycles. The van der Waals surface area contributed by atoms with E-state index < -0.39 is 15.9 Å². The highest BCUT2D eigenvalue weighted by atomic mass is 32.2. The summed E-state index contributed by atoms with van der Waals surface area (Å²) in [5.74, 6) is -0.220. The molecule has 5 rings (SSSR count). The third-order valence-electron chi connectivity index (χ3n) is 5.64. The lowest BCUT2D eigenvalue weighted by molar-refractivity contribution is 0.102. The molecule has 0 radical (unpaired) electrons. The largest absolute Gasteiger partial charge is 0.496 e. The van der Waals surface area contributed by atoms with Gasteiger partial charge in [0, 0.05) is 17.5 Å². The topological polar surface area (TPSA) is 88.6 Å². The molecule has 0 aliphatic carbocycles. The summed E-state index contributed by atoms with van der Waals surface area (Å²) in [4.78, 5) is 17.6. The van der Waals surface area contributed by atoms with E-state index in [-0.39, 0.29) is 16.2 Å². The number of carbonyl (C=O) groups excluding carboxylic acids is 1. The van der Waals surface area contributed by atoms with Crippen molar-refractivity contribution in [1.82, 2.24) is 4.98 Å². The number of anilines is 2. The zero-order valence-electron chi connectivity index (χ0n) is 18.3. The molecule has 2 heterocycles. The number of hydrogen-bond acceptors (Lipinski definition) is 6. The van der Waals surface area contributed by atoms with Gasteiger partial charge in [-0.05, 0) is 36.2 Å². The first-order valence-electron chi connectivity index (χ1n) is 10.6. The summed E-state index contributed by atoms with van der Waals surface area (Å²) in [7, 11) is -2.41. The van der Waals surface area contributed by atoms with Crippen LogP contribution in [0.25, 0.3) is 11.3 Å². The van der Waals surface area contributed by atoms with Gasteiger partial charge in [0.15, 0.2) is 5.13 Å². The second-order valence-electron chi connectivity index (χ2n) is 7.68. The van der Waals surface area contributed by atoms with Gasteiger partial charge in [0.25, 0.3) is 15.9 Å². The molecular weight excluding hydrogens is 470 g/mol. The van der Waals surface area contributed by atoms with Gasteiger partial charge >= 0.3 is 0 Å². The number of aromatic nitrogens is 1. The summed E-state index contributed by atoms with van der Waals surface area (Å²) < 4.78 is 33.6. The number of fused-ring (bicyclic) bond motifs is 1. The molecular formula is C25H21N3O4S2. The Labute approximate surface area is 201 Å². The van der Waals surface area contributed by atoms with Gasteiger partial charge < -0.3 is 4.74 Å². The van der Waals surface area contributed by atoms with Crippen molar-refractivity contribution < 1.29 is 17.9 Å². The van der Waals surface area contributed by atoms with Crippen LogP contribution in [0.15, 0.2) is 83.1 Å². The molecule has 0 atom stereocenters. The van der Waals surface area contributed by atoms with E-state index in [2.05, 4.69) is 10.3 Å². The molecule has 1 aliphatic rings. The Balaban J connectivity index is 1.44. The van der Waals surface area contributed by atoms with Crippen molar-refractivity contribution in [3.63, 3.8) is 0 Å². The van der Waals surface area contributed by atoms with Crippen molar-refractivity contribution in [1.29, 1.82) is 0 Å². The molecule has 1 aromatic heterocycles. The number of nitrogens with zero attached hydrogens (tertiary/aromatic N) is 2. The third kappa shape index (κ3) is 4.04. The number of rotatable bonds is 6. The highest BCUT2D eigenvalue weighted by Crippen LogP contribution is 2.34. The van der Waals surface area contributed by atoms with Crippen molar-refractivity contribution in [2.24, 2.45) is 0 Å². The molecule has 0 bridgehead atoms. The van der Waals surface area contributed by atoms with Gasteiger partial charge in [-0.25, -0.2) is 13.4 Å². The smallest absolute Gasteiger partial charge is 0.264 e. The number of sulfonamides is 1. The number of methoxy groups -OCH3 is 1. The summed E-state index contributed by atoms with van der Waals surface area (Å²) >= 11 is 1.29. The lowest BCUT2D eigenvalue weighted by Gasteiger charge is -2.20. The lowest BCUT2D eigenvalue weighted by atomic mass is 10.2. The molecule has 0 fully saturated rings. The van der Waals surface area contributed by atoms with Crippen LogP contribution in [-0.4, -0.2) is 33.0 Å². The van der Waals surface area contributed by atoms with Gasteiger partial charge in [-0.15, -0.1) is 11.3 Å².